The summed E-state index contributed by atoms with van der Waals surface area (Å²) in [7, 11) is -7.42. The monoisotopic (exact) mass is 1750 g/mol. The van der Waals surface area contributed by atoms with E-state index in [9.17, 15) is 78.0 Å². The van der Waals surface area contributed by atoms with Gasteiger partial charge in [-0.2, -0.15) is 0 Å². The highest BCUT2D eigenvalue weighted by atomic mass is 35.5. The van der Waals surface area contributed by atoms with Crippen LogP contribution >= 0.6 is 12.4 Å². The Labute approximate surface area is 715 Å². The zero-order chi connectivity index (χ0) is 87.2. The molecule has 28 nitrogen and oxygen atoms in total. The van der Waals surface area contributed by atoms with E-state index in [1.807, 2.05) is 51.1 Å². The van der Waals surface area contributed by atoms with Crippen molar-refractivity contribution >= 4 is 133 Å². The number of carboxylic acids is 1. The van der Waals surface area contributed by atoms with E-state index in [4.69, 9.17) is 39.3 Å². The van der Waals surface area contributed by atoms with Crippen molar-refractivity contribution in [2.45, 2.75) is 244 Å². The number of pyridine rings is 1. The Hall–Kier alpha value is -8.26. The molecule has 12 rings (SSSR count). The lowest BCUT2D eigenvalue weighted by Crippen LogP contribution is -2.55. The largest absolute Gasteiger partial charge is 0.484 e. The van der Waals surface area contributed by atoms with Crippen LogP contribution in [-0.2, 0) is 96.5 Å². The van der Waals surface area contributed by atoms with Crippen LogP contribution in [0.15, 0.2) is 104 Å². The van der Waals surface area contributed by atoms with Gasteiger partial charge in [-0.15, -0.1) is 45.3 Å². The normalized spacial score (nSPS) is 26.7. The molecule has 4 N–H and O–H groups in total. The number of benzene rings is 1. The minimum atomic E-state index is -3.66. The molecule has 0 bridgehead atoms. The number of aromatic nitrogens is 2. The number of rotatable bonds is 36. The number of aliphatic carboxylic acids is 1. The summed E-state index contributed by atoms with van der Waals surface area (Å²) in [5, 5.41) is 14.6. The lowest BCUT2D eigenvalue weighted by Gasteiger charge is -2.35. The number of halogens is 1. The average molecular weight is 1750 g/mol. The first kappa shape index (κ1) is 102. The van der Waals surface area contributed by atoms with Gasteiger partial charge in [0.25, 0.3) is 0 Å². The minimum absolute atomic E-state index is 0. The van der Waals surface area contributed by atoms with Crippen LogP contribution < -0.4 is 15.8 Å². The molecule has 9 fully saturated rings. The van der Waals surface area contributed by atoms with Crippen molar-refractivity contribution in [2.24, 2.45) is 62.9 Å². The molecule has 1 aromatic carbocycles. The molecule has 8 aliphatic carbocycles. The van der Waals surface area contributed by atoms with Crippen molar-refractivity contribution in [1.82, 2.24) is 20.4 Å². The number of nitrogens with zero attached hydrogens (tertiary/aromatic N) is 3. The molecule has 660 valence electrons. The van der Waals surface area contributed by atoms with E-state index >= 15 is 0 Å². The van der Waals surface area contributed by atoms with Gasteiger partial charge in [0.05, 0.1) is 82.1 Å². The van der Waals surface area contributed by atoms with E-state index in [2.05, 4.69) is 43.4 Å². The number of fused-ring (bicyclic) bond motifs is 1. The third kappa shape index (κ3) is 25.2. The number of carbonyl (C=O) groups is 11. The third-order valence-electron chi connectivity index (χ3n) is 23.0. The third-order valence-corrected chi connectivity index (χ3v) is 29.4. The maximum absolute atomic E-state index is 14.6. The van der Waals surface area contributed by atoms with E-state index in [-0.39, 0.29) is 111 Å². The molecule has 0 spiro atoms. The SMILES string of the molecule is C.C.C=CC1CC1(C[B]C=O)C(=O)OCC.C=C[C@@H]1C[C@]1(CC(=O)OC(C)(C)C)C(=O)CS(=O)(=O)C1CC1.C=C[C@@H]1C[C@]1(C[B]C=O)C(=O)O.C=C[C@@H]1C[C@]1(N)C(=O)CS(=O)(=O)C1CC1.C=C[C@@H]1C[C@]1(NC(=O)[C@@H]1C[C@@H](Oc2cc(-c3ccccc3)nc3c(C)noc23)CN1C(=O)[C@@H](CC(=O)OC(C)(C)C)C(C)(C)C)C(=O)CS(=O)(=O)C1CC1.Cl. The number of aryl methyl sites for hydroxylation is 1. The number of hydrogen-bond acceptors (Lipinski definition) is 25. The van der Waals surface area contributed by atoms with Crippen molar-refractivity contribution in [3.05, 3.63) is 105 Å². The number of nitrogens with two attached hydrogens (primary N) is 1. The van der Waals surface area contributed by atoms with Gasteiger partial charge in [-0.25, -0.2) is 30.2 Å². The summed E-state index contributed by atoms with van der Waals surface area (Å²) in [5.41, 5.74) is 1.97. The summed E-state index contributed by atoms with van der Waals surface area (Å²) >= 11 is 0. The van der Waals surface area contributed by atoms with Crippen molar-refractivity contribution in [2.75, 3.05) is 30.4 Å². The molecule has 1 saturated heterocycles. The van der Waals surface area contributed by atoms with Gasteiger partial charge in [0.1, 0.15) is 57.4 Å². The molecule has 2 radical (unpaired) electrons. The van der Waals surface area contributed by atoms with Gasteiger partial charge in [-0.1, -0.05) is 114 Å². The second kappa shape index (κ2) is 39.9. The van der Waals surface area contributed by atoms with Gasteiger partial charge in [0.2, 0.25) is 17.4 Å². The Bertz CT molecular complexity index is 4720. The highest BCUT2D eigenvalue weighted by molar-refractivity contribution is 7.93. The van der Waals surface area contributed by atoms with Crippen molar-refractivity contribution < 1.29 is 107 Å². The topological polar surface area (TPSA) is 428 Å². The zero-order valence-electron chi connectivity index (χ0n) is 69.4. The van der Waals surface area contributed by atoms with Crippen LogP contribution in [0.5, 0.6) is 5.75 Å². The number of Topliss-reactive ketones (excluding diaryl/α,β-unsaturated/α-hetero) is 3. The molecule has 3 aromatic rings. The van der Waals surface area contributed by atoms with Gasteiger partial charge < -0.3 is 54.1 Å². The number of ether oxygens (including phenoxy) is 4. The van der Waals surface area contributed by atoms with Crippen LogP contribution in [0.4, 0.5) is 0 Å². The molecule has 9 aliphatic rings. The number of esters is 3. The summed E-state index contributed by atoms with van der Waals surface area (Å²) in [5.74, 6) is -6.97. The first-order valence-corrected chi connectivity index (χ1v) is 44.8. The first-order valence-electron chi connectivity index (χ1n) is 39.7. The predicted octanol–water partition coefficient (Wildman–Crippen LogP) is 10.6. The first-order chi connectivity index (χ1) is 54.5. The summed E-state index contributed by atoms with van der Waals surface area (Å²) in [6.07, 6.45) is 15.6. The van der Waals surface area contributed by atoms with Crippen LogP contribution in [-0.4, -0.2) is 206 Å². The molecule has 120 heavy (non-hydrogen) atoms. The van der Waals surface area contributed by atoms with E-state index < -0.39 is 155 Å². The summed E-state index contributed by atoms with van der Waals surface area (Å²) in [6, 6.07) is 10.1. The minimum Gasteiger partial charge on any atom is -0.484 e. The lowest BCUT2D eigenvalue weighted by atomic mass is 9.69. The highest BCUT2D eigenvalue weighted by Gasteiger charge is 2.64. The van der Waals surface area contributed by atoms with Crippen molar-refractivity contribution in [3.8, 4) is 17.0 Å². The number of sulfone groups is 3. The average Bonchev–Trinajstić information content (AvgIpc) is 1.57. The van der Waals surface area contributed by atoms with Crippen LogP contribution in [0.2, 0.25) is 12.6 Å². The number of nitrogens with one attached hydrogen (secondary N) is 1. The van der Waals surface area contributed by atoms with E-state index in [0.29, 0.717) is 111 Å². The fourth-order valence-electron chi connectivity index (χ4n) is 14.9. The fourth-order valence-corrected chi connectivity index (χ4v) is 20.1. The zero-order valence-corrected chi connectivity index (χ0v) is 72.6. The number of allylic oxidation sites excluding steroid dienone is 3. The number of carbonyl (C=O) groups excluding carboxylic acids is 10. The number of hydrogen-bond donors (Lipinski definition) is 3. The lowest BCUT2D eigenvalue weighted by molar-refractivity contribution is -0.161. The Morgan fingerprint density at radius 1 is 0.658 bits per heavy atom. The molecule has 3 heterocycles. The maximum Gasteiger partial charge on any atom is 0.311 e. The number of carboxylic acid groups (broad SMARTS) is 1. The molecule has 2 amide bonds. The second-order valence-corrected chi connectivity index (χ2v) is 42.3. The standard InChI is InChI=1S/C40H50N4O9S.C16H24O5S.C10H14BO3.C10H15NO3S.C8H10BO3.2CH4.ClH/c1-9-25-20-40(25,32(45)22-54(49,50)27-15-16-27)42-36(47)30-17-26(21-44(30)37(48)28(38(3,4)5)18-33(46)52-39(6,7)8)51-31-19-29(24-13-11-10-12-14-24)41-34-23(2)43-53-35(31)34;1-5-11-8-16(11,9-14(18)21-15(2,3)4)13(17)10-22(19,20)12-6-7-12;1-3-8-5-10(8,6-11-7-12)9(13)14-4-2;1-2-7-5-10(7,11)9(12)6-15(13,14)8-3-4-8;1-2-6-3-8(6,7(11)12)4-9-5-10;;;/h9-14,19,25-28,30H,1,15-18,20-22H2,2-8H3,(H,42,47);5,11-12H,1,6-10H2,2-4H3;3,7-8H,1,4-6H2,2H3;2,7-8H,1,3-6,11H2;2,5-6H,1,3-4H2,(H,11,12);2*1H4;1H/t25-,26-,28-,30+,40-;11-,16-;;7-,10-;6-,8-;;;/m11.11.../s1. The maximum atomic E-state index is 14.6. The van der Waals surface area contributed by atoms with Crippen LogP contribution in [0.3, 0.4) is 0 Å². The van der Waals surface area contributed by atoms with E-state index in [1.54, 1.807) is 91.8 Å². The smallest absolute Gasteiger partial charge is 0.311 e. The molecule has 1 aliphatic heterocycles. The van der Waals surface area contributed by atoms with E-state index in [0.717, 1.165) is 18.2 Å². The second-order valence-electron chi connectivity index (χ2n) is 35.4. The Balaban J connectivity index is 0.000000315. The predicted molar refractivity (Wildman–Crippen MR) is 462 cm³/mol. The Morgan fingerprint density at radius 3 is 1.56 bits per heavy atom. The fraction of sp³-hybridized carbons (Fsp3) is 0.616. The number of likely N-dealkylation sites (tertiary alicyclic amines) is 1. The van der Waals surface area contributed by atoms with Gasteiger partial charge >= 0.3 is 23.9 Å². The highest BCUT2D eigenvalue weighted by Crippen LogP contribution is 2.59. The van der Waals surface area contributed by atoms with Crippen LogP contribution in [0, 0.1) is 64.1 Å². The summed E-state index contributed by atoms with van der Waals surface area (Å²) in [4.78, 5) is 141. The van der Waals surface area contributed by atoms with Crippen molar-refractivity contribution in [3.63, 3.8) is 0 Å². The van der Waals surface area contributed by atoms with E-state index in [1.165, 1.54) is 19.5 Å². The molecule has 34 heteroatoms. The van der Waals surface area contributed by atoms with Gasteiger partial charge in [0, 0.05) is 35.3 Å². The van der Waals surface area contributed by atoms with Gasteiger partial charge in [-0.3, -0.25) is 43.2 Å². The molecule has 2 unspecified atom stereocenters. The number of amides is 2. The number of ketones is 3. The van der Waals surface area contributed by atoms with Gasteiger partial charge in [-0.05, 0) is 149 Å². The molecular weight excluding hydrogens is 1620 g/mol. The Kier molecular flexibility index (Phi) is 34.0. The quantitative estimate of drug-likeness (QED) is 0.0160. The van der Waals surface area contributed by atoms with Crippen molar-refractivity contribution in [1.29, 1.82) is 0 Å². The molecule has 2 aromatic heterocycles. The molecule has 8 saturated carbocycles. The summed E-state index contributed by atoms with van der Waals surface area (Å²) < 4.78 is 101. The Morgan fingerprint density at radius 2 is 1.12 bits per heavy atom. The molecule has 13 atom stereocenters. The summed E-state index contributed by atoms with van der Waals surface area (Å²) in [6.45, 7) is 38.2. The van der Waals surface area contributed by atoms with Gasteiger partial charge in [0.15, 0.2) is 67.2 Å². The molecular formula is C86H122B2ClN5O23S3. The van der Waals surface area contributed by atoms with Crippen LogP contribution in [0.25, 0.3) is 22.4 Å². The van der Waals surface area contributed by atoms with Crippen LogP contribution in [0.1, 0.15) is 180 Å².